The van der Waals surface area contributed by atoms with Gasteiger partial charge in [0.05, 0.1) is 11.7 Å². The Kier molecular flexibility index (Phi) is 8.62. The van der Waals surface area contributed by atoms with E-state index in [2.05, 4.69) is 15.1 Å². The third-order valence-electron chi connectivity index (χ3n) is 6.54. The number of methoxy groups -OCH3 is 1. The van der Waals surface area contributed by atoms with Crippen molar-refractivity contribution in [3.05, 3.63) is 78.4 Å². The van der Waals surface area contributed by atoms with Crippen molar-refractivity contribution in [1.82, 2.24) is 20.0 Å². The number of carbonyl (C=O) groups excluding carboxylic acids is 2. The lowest BCUT2D eigenvalue weighted by atomic mass is 10.1. The van der Waals surface area contributed by atoms with Crippen LogP contribution in [0.25, 0.3) is 11.3 Å². The first-order valence-corrected chi connectivity index (χ1v) is 12.3. The van der Waals surface area contributed by atoms with Crippen LogP contribution in [0.5, 0.6) is 0 Å². The first kappa shape index (κ1) is 25.3. The zero-order valence-electron chi connectivity index (χ0n) is 20.9. The molecule has 0 spiro atoms. The summed E-state index contributed by atoms with van der Waals surface area (Å²) in [7, 11) is 1.49. The molecular weight excluding hydrogens is 454 g/mol. The molecule has 0 aliphatic carbocycles. The quantitative estimate of drug-likeness (QED) is 0.485. The third kappa shape index (κ3) is 6.26. The van der Waals surface area contributed by atoms with Crippen LogP contribution in [-0.4, -0.2) is 78.3 Å². The van der Waals surface area contributed by atoms with Crippen LogP contribution in [0.2, 0.25) is 0 Å². The molecule has 36 heavy (non-hydrogen) atoms. The minimum absolute atomic E-state index is 0.0177. The number of carbonyl (C=O) groups is 2. The first-order valence-electron chi connectivity index (χ1n) is 12.3. The predicted octanol–water partition coefficient (Wildman–Crippen LogP) is 3.42. The lowest BCUT2D eigenvalue weighted by Gasteiger charge is -2.31. The van der Waals surface area contributed by atoms with Gasteiger partial charge in [-0.2, -0.15) is 0 Å². The van der Waals surface area contributed by atoms with Gasteiger partial charge in [-0.05, 0) is 31.0 Å². The van der Waals surface area contributed by atoms with Crippen LogP contribution in [0.15, 0.2) is 72.8 Å². The molecule has 1 saturated heterocycles. The molecule has 0 unspecified atom stereocenters. The summed E-state index contributed by atoms with van der Waals surface area (Å²) < 4.78 is 5.08. The fourth-order valence-corrected chi connectivity index (χ4v) is 4.46. The Labute approximate surface area is 212 Å². The molecule has 1 aliphatic rings. The van der Waals surface area contributed by atoms with E-state index in [0.717, 1.165) is 35.6 Å². The standard InChI is InChI=1S/C28H33N5O3/c1-22(23-10-5-3-6-11-23)33(28(35)21-36-2)20-27(34)32-17-9-16-31(18-19-32)26-15-14-25(29-30-26)24-12-7-4-8-13-24/h3-8,10-15,22H,9,16-21H2,1-2H3/t22-/m1/s1. The molecule has 2 amide bonds. The lowest BCUT2D eigenvalue weighted by molar-refractivity contribution is -0.144. The molecule has 8 heteroatoms. The molecule has 1 atom stereocenters. The number of anilines is 1. The summed E-state index contributed by atoms with van der Waals surface area (Å²) >= 11 is 0. The Bertz CT molecular complexity index is 1120. The average molecular weight is 488 g/mol. The highest BCUT2D eigenvalue weighted by molar-refractivity contribution is 5.85. The Morgan fingerprint density at radius 1 is 0.917 bits per heavy atom. The van der Waals surface area contributed by atoms with Crippen molar-refractivity contribution in [2.45, 2.75) is 19.4 Å². The molecule has 0 N–H and O–H groups in total. The van der Waals surface area contributed by atoms with Gasteiger partial charge in [0.2, 0.25) is 11.8 Å². The fraction of sp³-hybridized carbons (Fsp3) is 0.357. The van der Waals surface area contributed by atoms with Gasteiger partial charge in [-0.3, -0.25) is 9.59 Å². The van der Waals surface area contributed by atoms with E-state index in [-0.39, 0.29) is 31.0 Å². The second-order valence-corrected chi connectivity index (χ2v) is 8.91. The van der Waals surface area contributed by atoms with Gasteiger partial charge < -0.3 is 19.4 Å². The maximum atomic E-state index is 13.3. The zero-order valence-corrected chi connectivity index (χ0v) is 20.9. The van der Waals surface area contributed by atoms with Gasteiger partial charge in [0.1, 0.15) is 13.2 Å². The Morgan fingerprint density at radius 2 is 1.64 bits per heavy atom. The van der Waals surface area contributed by atoms with Crippen LogP contribution in [-0.2, 0) is 14.3 Å². The maximum Gasteiger partial charge on any atom is 0.249 e. The summed E-state index contributed by atoms with van der Waals surface area (Å²) in [5, 5.41) is 8.85. The van der Waals surface area contributed by atoms with Gasteiger partial charge in [0.15, 0.2) is 5.82 Å². The van der Waals surface area contributed by atoms with Gasteiger partial charge in [0, 0.05) is 38.9 Å². The van der Waals surface area contributed by atoms with Crippen molar-refractivity contribution < 1.29 is 14.3 Å². The summed E-state index contributed by atoms with van der Waals surface area (Å²) in [5.41, 5.74) is 2.84. The van der Waals surface area contributed by atoms with Gasteiger partial charge in [-0.15, -0.1) is 10.2 Å². The molecule has 1 aromatic heterocycles. The Hall–Kier alpha value is -3.78. The van der Waals surface area contributed by atoms with Crippen molar-refractivity contribution in [3.8, 4) is 11.3 Å². The van der Waals surface area contributed by atoms with E-state index in [0.29, 0.717) is 19.6 Å². The molecule has 1 fully saturated rings. The van der Waals surface area contributed by atoms with Crippen LogP contribution in [0.1, 0.15) is 24.9 Å². The number of aromatic nitrogens is 2. The molecular formula is C28H33N5O3. The van der Waals surface area contributed by atoms with Crippen LogP contribution in [0.4, 0.5) is 5.82 Å². The number of amides is 2. The van der Waals surface area contributed by atoms with Gasteiger partial charge in [-0.25, -0.2) is 0 Å². The topological polar surface area (TPSA) is 78.9 Å². The number of hydrogen-bond donors (Lipinski definition) is 0. The van der Waals surface area contributed by atoms with E-state index in [4.69, 9.17) is 4.74 Å². The maximum absolute atomic E-state index is 13.3. The van der Waals surface area contributed by atoms with Gasteiger partial charge in [-0.1, -0.05) is 60.7 Å². The Balaban J connectivity index is 1.39. The molecule has 0 bridgehead atoms. The van der Waals surface area contributed by atoms with Crippen molar-refractivity contribution in [1.29, 1.82) is 0 Å². The van der Waals surface area contributed by atoms with E-state index in [1.54, 1.807) is 4.90 Å². The second-order valence-electron chi connectivity index (χ2n) is 8.91. The van der Waals surface area contributed by atoms with E-state index >= 15 is 0 Å². The monoisotopic (exact) mass is 487 g/mol. The smallest absolute Gasteiger partial charge is 0.249 e. The van der Waals surface area contributed by atoms with Crippen LogP contribution in [0.3, 0.4) is 0 Å². The van der Waals surface area contributed by atoms with E-state index in [1.165, 1.54) is 7.11 Å². The average Bonchev–Trinajstić information content (AvgIpc) is 3.19. The van der Waals surface area contributed by atoms with Gasteiger partial charge >= 0.3 is 0 Å². The summed E-state index contributed by atoms with van der Waals surface area (Å²) in [5.74, 6) is 0.542. The SMILES string of the molecule is COCC(=O)N(CC(=O)N1CCCN(c2ccc(-c3ccccc3)nn2)CC1)[C@H](C)c1ccccc1. The molecule has 2 aromatic carbocycles. The summed E-state index contributed by atoms with van der Waals surface area (Å²) in [6.07, 6.45) is 0.814. The number of hydrogen-bond acceptors (Lipinski definition) is 6. The largest absolute Gasteiger partial charge is 0.375 e. The van der Waals surface area contributed by atoms with Crippen LogP contribution < -0.4 is 4.90 Å². The number of benzene rings is 2. The predicted molar refractivity (Wildman–Crippen MR) is 139 cm³/mol. The third-order valence-corrected chi connectivity index (χ3v) is 6.54. The number of rotatable bonds is 8. The highest BCUT2D eigenvalue weighted by Gasteiger charge is 2.27. The molecule has 188 valence electrons. The van der Waals surface area contributed by atoms with Gasteiger partial charge in [0.25, 0.3) is 0 Å². The van der Waals surface area contributed by atoms with Crippen molar-refractivity contribution in [2.75, 3.05) is 51.3 Å². The zero-order chi connectivity index (χ0) is 25.3. The summed E-state index contributed by atoms with van der Waals surface area (Å²) in [6, 6.07) is 23.4. The fourth-order valence-electron chi connectivity index (χ4n) is 4.46. The normalized spacial score (nSPS) is 14.7. The highest BCUT2D eigenvalue weighted by atomic mass is 16.5. The molecule has 3 aromatic rings. The number of ether oxygens (including phenoxy) is 1. The van der Waals surface area contributed by atoms with Crippen molar-refractivity contribution in [3.63, 3.8) is 0 Å². The van der Waals surface area contributed by atoms with Crippen molar-refractivity contribution >= 4 is 17.6 Å². The molecule has 4 rings (SSSR count). The molecule has 8 nitrogen and oxygen atoms in total. The highest BCUT2D eigenvalue weighted by Crippen LogP contribution is 2.22. The summed E-state index contributed by atoms with van der Waals surface area (Å²) in [6.45, 7) is 4.54. The molecule has 2 heterocycles. The lowest BCUT2D eigenvalue weighted by Crippen LogP contribution is -2.46. The number of nitrogens with zero attached hydrogens (tertiary/aromatic N) is 5. The Morgan fingerprint density at radius 3 is 2.31 bits per heavy atom. The van der Waals surface area contributed by atoms with Crippen LogP contribution in [0, 0.1) is 0 Å². The second kappa shape index (κ2) is 12.3. The summed E-state index contributed by atoms with van der Waals surface area (Å²) in [4.78, 5) is 31.7. The van der Waals surface area contributed by atoms with Crippen molar-refractivity contribution in [2.24, 2.45) is 0 Å². The van der Waals surface area contributed by atoms with E-state index in [1.807, 2.05) is 84.6 Å². The van der Waals surface area contributed by atoms with Crippen LogP contribution >= 0.6 is 0 Å². The minimum atomic E-state index is -0.236. The van der Waals surface area contributed by atoms with E-state index in [9.17, 15) is 9.59 Å². The molecule has 0 saturated carbocycles. The minimum Gasteiger partial charge on any atom is -0.375 e. The first-order chi connectivity index (χ1) is 17.6. The van der Waals surface area contributed by atoms with E-state index < -0.39 is 0 Å². The molecule has 1 aliphatic heterocycles. The molecule has 0 radical (unpaired) electrons.